The number of hydrogen-bond acceptors (Lipinski definition) is 6. The van der Waals surface area contributed by atoms with Crippen LogP contribution in [0.2, 0.25) is 0 Å². The highest BCUT2D eigenvalue weighted by Gasteiger charge is 2.30. The molecule has 1 saturated heterocycles. The van der Waals surface area contributed by atoms with Gasteiger partial charge in [-0.1, -0.05) is 6.07 Å². The standard InChI is InChI=1S/C21H22FN5O2S/c1-10-4-5-13(8-15(10)22)21(29)27-7-6-14(9-27)24-19(28)18-17(23)16-11(2)12(3)25-26-20(16)30-18/h4-5,8,14H,6-7,9,23H2,1-3H3,(H,24,28). The van der Waals surface area contributed by atoms with Crippen LogP contribution in [0.1, 0.15) is 43.3 Å². The van der Waals surface area contributed by atoms with Crippen molar-refractivity contribution in [3.63, 3.8) is 0 Å². The van der Waals surface area contributed by atoms with E-state index in [0.29, 0.717) is 46.0 Å². The van der Waals surface area contributed by atoms with Crippen LogP contribution >= 0.6 is 11.3 Å². The van der Waals surface area contributed by atoms with E-state index in [9.17, 15) is 14.0 Å². The third-order valence-corrected chi connectivity index (χ3v) is 6.66. The summed E-state index contributed by atoms with van der Waals surface area (Å²) in [5, 5.41) is 12.0. The lowest BCUT2D eigenvalue weighted by atomic mass is 10.1. The molecule has 4 rings (SSSR count). The number of fused-ring (bicyclic) bond motifs is 1. The normalized spacial score (nSPS) is 16.3. The average molecular weight is 428 g/mol. The zero-order valence-corrected chi connectivity index (χ0v) is 17.8. The first-order valence-corrected chi connectivity index (χ1v) is 10.5. The number of carbonyl (C=O) groups excluding carboxylic acids is 2. The largest absolute Gasteiger partial charge is 0.397 e. The molecule has 3 heterocycles. The number of hydrogen-bond donors (Lipinski definition) is 2. The van der Waals surface area contributed by atoms with E-state index in [-0.39, 0.29) is 17.9 Å². The number of nitrogens with one attached hydrogen (secondary N) is 1. The summed E-state index contributed by atoms with van der Waals surface area (Å²) in [4.78, 5) is 28.2. The minimum atomic E-state index is -0.404. The van der Waals surface area contributed by atoms with Crippen molar-refractivity contribution in [2.24, 2.45) is 0 Å². The highest BCUT2D eigenvalue weighted by Crippen LogP contribution is 2.35. The third kappa shape index (κ3) is 3.49. The molecule has 2 amide bonds. The number of aryl methyl sites for hydroxylation is 3. The van der Waals surface area contributed by atoms with Gasteiger partial charge in [-0.3, -0.25) is 9.59 Å². The fourth-order valence-corrected chi connectivity index (χ4v) is 4.63. The number of thiophene rings is 1. The minimum Gasteiger partial charge on any atom is -0.397 e. The number of rotatable bonds is 3. The van der Waals surface area contributed by atoms with Gasteiger partial charge in [0, 0.05) is 30.1 Å². The molecule has 7 nitrogen and oxygen atoms in total. The summed E-state index contributed by atoms with van der Waals surface area (Å²) in [6.45, 7) is 6.26. The average Bonchev–Trinajstić information content (AvgIpc) is 3.31. The van der Waals surface area contributed by atoms with Crippen molar-refractivity contribution in [3.05, 3.63) is 51.3 Å². The Hall–Kier alpha value is -3.07. The van der Waals surface area contributed by atoms with Crippen LogP contribution in [0, 0.1) is 26.6 Å². The molecule has 30 heavy (non-hydrogen) atoms. The number of nitrogens with zero attached hydrogens (tertiary/aromatic N) is 3. The lowest BCUT2D eigenvalue weighted by molar-refractivity contribution is 0.0783. The Labute approximate surface area is 177 Å². The first kappa shape index (κ1) is 20.2. The third-order valence-electron chi connectivity index (χ3n) is 5.57. The molecule has 1 aliphatic heterocycles. The summed E-state index contributed by atoms with van der Waals surface area (Å²) in [6, 6.07) is 4.27. The van der Waals surface area contributed by atoms with Crippen molar-refractivity contribution in [1.29, 1.82) is 0 Å². The predicted molar refractivity (Wildman–Crippen MR) is 114 cm³/mol. The number of likely N-dealkylation sites (tertiary alicyclic amines) is 1. The second-order valence-corrected chi connectivity index (χ2v) is 8.61. The van der Waals surface area contributed by atoms with Gasteiger partial charge in [-0.2, -0.15) is 5.10 Å². The van der Waals surface area contributed by atoms with Gasteiger partial charge in [0.1, 0.15) is 15.5 Å². The van der Waals surface area contributed by atoms with E-state index in [0.717, 1.165) is 16.6 Å². The number of halogens is 1. The highest BCUT2D eigenvalue weighted by atomic mass is 32.1. The van der Waals surface area contributed by atoms with Gasteiger partial charge < -0.3 is 16.0 Å². The Kier molecular flexibility index (Phi) is 5.15. The molecule has 1 aromatic carbocycles. The Morgan fingerprint density at radius 3 is 2.77 bits per heavy atom. The fourth-order valence-electron chi connectivity index (χ4n) is 3.63. The van der Waals surface area contributed by atoms with E-state index in [1.165, 1.54) is 17.4 Å². The van der Waals surface area contributed by atoms with Gasteiger partial charge in [0.25, 0.3) is 11.8 Å². The molecule has 1 fully saturated rings. The first-order chi connectivity index (χ1) is 14.3. The van der Waals surface area contributed by atoms with Crippen molar-refractivity contribution in [1.82, 2.24) is 20.4 Å². The topological polar surface area (TPSA) is 101 Å². The van der Waals surface area contributed by atoms with E-state index >= 15 is 0 Å². The molecule has 3 aromatic rings. The maximum Gasteiger partial charge on any atom is 0.263 e. The summed E-state index contributed by atoms with van der Waals surface area (Å²) >= 11 is 1.21. The van der Waals surface area contributed by atoms with Crippen LogP contribution in [0.3, 0.4) is 0 Å². The van der Waals surface area contributed by atoms with Crippen LogP contribution in [0.15, 0.2) is 18.2 Å². The molecule has 2 aromatic heterocycles. The Balaban J connectivity index is 1.47. The SMILES string of the molecule is Cc1ccc(C(=O)N2CCC(NC(=O)c3sc4nnc(C)c(C)c4c3N)C2)cc1F. The van der Waals surface area contributed by atoms with Gasteiger partial charge in [0.05, 0.1) is 11.4 Å². The van der Waals surface area contributed by atoms with Crippen molar-refractivity contribution in [2.45, 2.75) is 33.2 Å². The monoisotopic (exact) mass is 427 g/mol. The van der Waals surface area contributed by atoms with Crippen molar-refractivity contribution in [3.8, 4) is 0 Å². The first-order valence-electron chi connectivity index (χ1n) is 9.64. The molecular weight excluding hydrogens is 405 g/mol. The maximum absolute atomic E-state index is 13.8. The smallest absolute Gasteiger partial charge is 0.263 e. The van der Waals surface area contributed by atoms with Gasteiger partial charge in [-0.15, -0.1) is 16.4 Å². The van der Waals surface area contributed by atoms with Crippen LogP contribution in [0.4, 0.5) is 10.1 Å². The zero-order valence-electron chi connectivity index (χ0n) is 17.0. The van der Waals surface area contributed by atoms with E-state index in [1.807, 2.05) is 13.8 Å². The Bertz CT molecular complexity index is 1180. The molecular formula is C21H22FN5O2S. The van der Waals surface area contributed by atoms with Crippen LogP contribution < -0.4 is 11.1 Å². The van der Waals surface area contributed by atoms with E-state index in [4.69, 9.17) is 5.73 Å². The van der Waals surface area contributed by atoms with Crippen LogP contribution in [-0.2, 0) is 0 Å². The molecule has 1 aliphatic rings. The lowest BCUT2D eigenvalue weighted by Gasteiger charge is -2.17. The molecule has 1 atom stereocenters. The summed E-state index contributed by atoms with van der Waals surface area (Å²) in [7, 11) is 0. The van der Waals surface area contributed by atoms with Gasteiger partial charge in [0.15, 0.2) is 0 Å². The highest BCUT2D eigenvalue weighted by molar-refractivity contribution is 7.21. The van der Waals surface area contributed by atoms with Gasteiger partial charge >= 0.3 is 0 Å². The van der Waals surface area contributed by atoms with E-state index in [1.54, 1.807) is 24.0 Å². The van der Waals surface area contributed by atoms with Crippen LogP contribution in [-0.4, -0.2) is 46.0 Å². The number of benzene rings is 1. The quantitative estimate of drug-likeness (QED) is 0.669. The second kappa shape index (κ2) is 7.64. The number of amides is 2. The summed E-state index contributed by atoms with van der Waals surface area (Å²) in [6.07, 6.45) is 0.620. The lowest BCUT2D eigenvalue weighted by Crippen LogP contribution is -2.38. The van der Waals surface area contributed by atoms with Gasteiger partial charge in [-0.05, 0) is 50.5 Å². The summed E-state index contributed by atoms with van der Waals surface area (Å²) in [5.41, 5.74) is 9.14. The van der Waals surface area contributed by atoms with E-state index < -0.39 is 5.82 Å². The van der Waals surface area contributed by atoms with E-state index in [2.05, 4.69) is 15.5 Å². The number of nitrogens with two attached hydrogens (primary N) is 1. The molecule has 0 saturated carbocycles. The molecule has 156 valence electrons. The maximum atomic E-state index is 13.8. The zero-order chi connectivity index (χ0) is 21.6. The minimum absolute atomic E-state index is 0.199. The number of carbonyl (C=O) groups is 2. The number of aromatic nitrogens is 2. The van der Waals surface area contributed by atoms with Crippen LogP contribution in [0.25, 0.3) is 10.2 Å². The van der Waals surface area contributed by atoms with Gasteiger partial charge in [-0.25, -0.2) is 4.39 Å². The van der Waals surface area contributed by atoms with Crippen molar-refractivity contribution >= 4 is 39.1 Å². The molecule has 1 unspecified atom stereocenters. The molecule has 0 spiro atoms. The fraction of sp³-hybridized carbons (Fsp3) is 0.333. The molecule has 9 heteroatoms. The summed E-state index contributed by atoms with van der Waals surface area (Å²) in [5.74, 6) is -0.930. The summed E-state index contributed by atoms with van der Waals surface area (Å²) < 4.78 is 13.8. The molecule has 0 aliphatic carbocycles. The molecule has 3 N–H and O–H groups in total. The van der Waals surface area contributed by atoms with Gasteiger partial charge in [0.2, 0.25) is 0 Å². The van der Waals surface area contributed by atoms with Crippen LogP contribution in [0.5, 0.6) is 0 Å². The predicted octanol–water partition coefficient (Wildman–Crippen LogP) is 2.98. The second-order valence-electron chi connectivity index (χ2n) is 7.61. The van der Waals surface area contributed by atoms with Crippen molar-refractivity contribution < 1.29 is 14.0 Å². The number of nitrogen functional groups attached to an aromatic ring is 1. The van der Waals surface area contributed by atoms with Crippen molar-refractivity contribution in [2.75, 3.05) is 18.8 Å². The number of anilines is 1. The Morgan fingerprint density at radius 1 is 1.27 bits per heavy atom. The Morgan fingerprint density at radius 2 is 2.03 bits per heavy atom. The molecule has 0 radical (unpaired) electrons. The molecule has 0 bridgehead atoms.